The highest BCUT2D eigenvalue weighted by atomic mass is 16.3. The highest BCUT2D eigenvalue weighted by molar-refractivity contribution is 5.94. The van der Waals surface area contributed by atoms with Gasteiger partial charge in [-0.3, -0.25) is 4.79 Å². The van der Waals surface area contributed by atoms with Crippen molar-refractivity contribution < 1.29 is 9.21 Å². The third kappa shape index (κ3) is 2.69. The van der Waals surface area contributed by atoms with E-state index in [0.717, 1.165) is 51.4 Å². The van der Waals surface area contributed by atoms with Crippen molar-refractivity contribution in [3.8, 4) is 0 Å². The van der Waals surface area contributed by atoms with E-state index in [9.17, 15) is 4.79 Å². The second-order valence-corrected chi connectivity index (χ2v) is 6.56. The summed E-state index contributed by atoms with van der Waals surface area (Å²) >= 11 is 0. The molecule has 2 aliphatic heterocycles. The number of nitrogens with zero attached hydrogens (tertiary/aromatic N) is 4. The molecule has 4 heterocycles. The Morgan fingerprint density at radius 3 is 2.83 bits per heavy atom. The van der Waals surface area contributed by atoms with Crippen LogP contribution in [0.2, 0.25) is 0 Å². The fourth-order valence-corrected chi connectivity index (χ4v) is 3.84. The van der Waals surface area contributed by atoms with Gasteiger partial charge >= 0.3 is 0 Å². The lowest BCUT2D eigenvalue weighted by atomic mass is 9.79. The van der Waals surface area contributed by atoms with Crippen LogP contribution < -0.4 is 4.90 Å². The van der Waals surface area contributed by atoms with E-state index in [1.807, 2.05) is 11.0 Å². The van der Waals surface area contributed by atoms with Crippen LogP contribution in [-0.2, 0) is 0 Å². The summed E-state index contributed by atoms with van der Waals surface area (Å²) in [6, 6.07) is 3.57. The molecule has 0 radical (unpaired) electrons. The summed E-state index contributed by atoms with van der Waals surface area (Å²) in [5.74, 6) is 0.870. The van der Waals surface area contributed by atoms with Crippen LogP contribution in [0.1, 0.15) is 29.6 Å². The van der Waals surface area contributed by atoms with E-state index in [1.165, 1.54) is 6.26 Å². The van der Waals surface area contributed by atoms with Gasteiger partial charge in [-0.2, -0.15) is 0 Å². The minimum atomic E-state index is 0.0729. The van der Waals surface area contributed by atoms with Gasteiger partial charge in [0.05, 0.1) is 11.8 Å². The van der Waals surface area contributed by atoms with Crippen LogP contribution in [0.15, 0.2) is 41.5 Å². The lowest BCUT2D eigenvalue weighted by molar-refractivity contribution is 0.0766. The van der Waals surface area contributed by atoms with Gasteiger partial charge in [0.2, 0.25) is 5.95 Å². The molecule has 2 aromatic rings. The van der Waals surface area contributed by atoms with Gasteiger partial charge in [-0.1, -0.05) is 0 Å². The fourth-order valence-electron chi connectivity index (χ4n) is 3.84. The zero-order valence-electron chi connectivity index (χ0n) is 13.0. The Balaban J connectivity index is 1.48. The highest BCUT2D eigenvalue weighted by Crippen LogP contribution is 2.40. The average Bonchev–Trinajstić information content (AvgIpc) is 3.26. The van der Waals surface area contributed by atoms with Crippen molar-refractivity contribution in [2.75, 3.05) is 31.1 Å². The summed E-state index contributed by atoms with van der Waals surface area (Å²) in [7, 11) is 0. The largest absolute Gasteiger partial charge is 0.472 e. The number of amides is 1. The molecule has 1 atom stereocenters. The lowest BCUT2D eigenvalue weighted by Crippen LogP contribution is -2.46. The molecule has 2 aromatic heterocycles. The Morgan fingerprint density at radius 1 is 1.17 bits per heavy atom. The zero-order valence-corrected chi connectivity index (χ0v) is 13.0. The van der Waals surface area contributed by atoms with Gasteiger partial charge in [0, 0.05) is 44.0 Å². The first-order valence-electron chi connectivity index (χ1n) is 8.09. The van der Waals surface area contributed by atoms with Gasteiger partial charge in [0.15, 0.2) is 0 Å². The van der Waals surface area contributed by atoms with Crippen LogP contribution in [0.25, 0.3) is 0 Å². The molecule has 0 aromatic carbocycles. The van der Waals surface area contributed by atoms with Crippen LogP contribution >= 0.6 is 0 Å². The molecule has 1 amide bonds. The van der Waals surface area contributed by atoms with Gasteiger partial charge in [-0.25, -0.2) is 9.97 Å². The van der Waals surface area contributed by atoms with E-state index in [0.29, 0.717) is 5.56 Å². The van der Waals surface area contributed by atoms with E-state index in [2.05, 4.69) is 14.9 Å². The molecule has 0 N–H and O–H groups in total. The Kier molecular flexibility index (Phi) is 3.52. The number of furan rings is 1. The minimum Gasteiger partial charge on any atom is -0.472 e. The number of rotatable bonds is 2. The monoisotopic (exact) mass is 312 g/mol. The molecule has 6 nitrogen and oxygen atoms in total. The Bertz CT molecular complexity index is 673. The van der Waals surface area contributed by atoms with Crippen molar-refractivity contribution in [1.82, 2.24) is 14.9 Å². The maximum absolute atomic E-state index is 12.5. The lowest BCUT2D eigenvalue weighted by Gasteiger charge is -2.40. The summed E-state index contributed by atoms with van der Waals surface area (Å²) in [4.78, 5) is 25.5. The van der Waals surface area contributed by atoms with Gasteiger partial charge < -0.3 is 14.2 Å². The Labute approximate surface area is 135 Å². The van der Waals surface area contributed by atoms with Crippen molar-refractivity contribution in [3.05, 3.63) is 42.6 Å². The SMILES string of the molecule is O=C(c1ccoc1)N1CC[C@@]2(CCCN(c3ncccn3)C2)C1. The molecule has 120 valence electrons. The number of carbonyl (C=O) groups excluding carboxylic acids is 1. The highest BCUT2D eigenvalue weighted by Gasteiger charge is 2.43. The number of hydrogen-bond donors (Lipinski definition) is 0. The molecule has 0 unspecified atom stereocenters. The third-order valence-corrected chi connectivity index (χ3v) is 4.99. The first kappa shape index (κ1) is 14.2. The van der Waals surface area contributed by atoms with E-state index >= 15 is 0 Å². The second-order valence-electron chi connectivity index (χ2n) is 6.56. The summed E-state index contributed by atoms with van der Waals surface area (Å²) in [5.41, 5.74) is 0.803. The van der Waals surface area contributed by atoms with E-state index < -0.39 is 0 Å². The van der Waals surface area contributed by atoms with Crippen molar-refractivity contribution in [1.29, 1.82) is 0 Å². The average molecular weight is 312 g/mol. The standard InChI is InChI=1S/C17H20N4O2/c22-15(14-3-10-23-11-14)20-9-5-17(12-20)4-1-8-21(13-17)16-18-6-2-7-19-16/h2-3,6-7,10-11H,1,4-5,8-9,12-13H2/t17-/m0/s1. The summed E-state index contributed by atoms with van der Waals surface area (Å²) in [6.07, 6.45) is 9.96. The molecule has 6 heteroatoms. The number of carbonyl (C=O) groups is 1. The fraction of sp³-hybridized carbons (Fsp3) is 0.471. The number of piperidine rings is 1. The Hall–Kier alpha value is -2.37. The third-order valence-electron chi connectivity index (χ3n) is 4.99. The predicted octanol–water partition coefficient (Wildman–Crippen LogP) is 2.20. The molecule has 4 rings (SSSR count). The van der Waals surface area contributed by atoms with Crippen LogP contribution in [0, 0.1) is 5.41 Å². The quantitative estimate of drug-likeness (QED) is 0.851. The van der Waals surface area contributed by atoms with Gasteiger partial charge in [-0.05, 0) is 31.4 Å². The number of hydrogen-bond acceptors (Lipinski definition) is 5. The first-order chi connectivity index (χ1) is 11.3. The van der Waals surface area contributed by atoms with E-state index in [1.54, 1.807) is 24.7 Å². The molecule has 2 fully saturated rings. The summed E-state index contributed by atoms with van der Waals surface area (Å²) in [6.45, 7) is 3.53. The van der Waals surface area contributed by atoms with Crippen molar-refractivity contribution >= 4 is 11.9 Å². The minimum absolute atomic E-state index is 0.0729. The van der Waals surface area contributed by atoms with Crippen molar-refractivity contribution in [2.45, 2.75) is 19.3 Å². The van der Waals surface area contributed by atoms with Crippen molar-refractivity contribution in [3.63, 3.8) is 0 Å². The molecular weight excluding hydrogens is 292 g/mol. The van der Waals surface area contributed by atoms with Crippen LogP contribution in [-0.4, -0.2) is 47.0 Å². The van der Waals surface area contributed by atoms with Gasteiger partial charge in [0.25, 0.3) is 5.91 Å². The second kappa shape index (κ2) is 5.68. The summed E-state index contributed by atoms with van der Waals surface area (Å²) in [5, 5.41) is 0. The predicted molar refractivity (Wildman–Crippen MR) is 85.1 cm³/mol. The van der Waals surface area contributed by atoms with Crippen molar-refractivity contribution in [2.24, 2.45) is 5.41 Å². The normalized spacial score (nSPS) is 24.3. The van der Waals surface area contributed by atoms with E-state index in [-0.39, 0.29) is 11.3 Å². The number of anilines is 1. The molecule has 1 spiro atoms. The molecular formula is C17H20N4O2. The topological polar surface area (TPSA) is 62.5 Å². The maximum Gasteiger partial charge on any atom is 0.257 e. The summed E-state index contributed by atoms with van der Waals surface area (Å²) < 4.78 is 5.03. The molecule has 2 saturated heterocycles. The van der Waals surface area contributed by atoms with Gasteiger partial charge in [0.1, 0.15) is 6.26 Å². The Morgan fingerprint density at radius 2 is 2.04 bits per heavy atom. The zero-order chi connectivity index (χ0) is 15.7. The van der Waals surface area contributed by atoms with Gasteiger partial charge in [-0.15, -0.1) is 0 Å². The maximum atomic E-state index is 12.5. The number of likely N-dealkylation sites (tertiary alicyclic amines) is 1. The van der Waals surface area contributed by atoms with Crippen LogP contribution in [0.5, 0.6) is 0 Å². The molecule has 23 heavy (non-hydrogen) atoms. The smallest absolute Gasteiger partial charge is 0.257 e. The molecule has 0 bridgehead atoms. The number of aromatic nitrogens is 2. The molecule has 2 aliphatic rings. The van der Waals surface area contributed by atoms with Crippen LogP contribution in [0.4, 0.5) is 5.95 Å². The molecule has 0 aliphatic carbocycles. The van der Waals surface area contributed by atoms with Crippen LogP contribution in [0.3, 0.4) is 0 Å². The van der Waals surface area contributed by atoms with E-state index in [4.69, 9.17) is 4.42 Å². The first-order valence-corrected chi connectivity index (χ1v) is 8.09. The molecule has 0 saturated carbocycles.